The van der Waals surface area contributed by atoms with Gasteiger partial charge in [0.1, 0.15) is 53.9 Å². The summed E-state index contributed by atoms with van der Waals surface area (Å²) in [7, 11) is 0. The summed E-state index contributed by atoms with van der Waals surface area (Å²) in [5, 5.41) is 5.72. The van der Waals surface area contributed by atoms with Gasteiger partial charge in [-0.2, -0.15) is 0 Å². The van der Waals surface area contributed by atoms with Crippen molar-refractivity contribution >= 4 is 114 Å². The molecule has 0 saturated carbocycles. The number of benzene rings is 2. The largest absolute Gasteiger partial charge is 0.338 e. The van der Waals surface area contributed by atoms with Gasteiger partial charge in [0.2, 0.25) is 23.2 Å². The first-order valence-electron chi connectivity index (χ1n) is 22.5. The van der Waals surface area contributed by atoms with Gasteiger partial charge in [0.15, 0.2) is 46.5 Å². The minimum absolute atomic E-state index is 0.0226. The third kappa shape index (κ3) is 7.89. The van der Waals surface area contributed by atoms with Crippen LogP contribution in [0.25, 0.3) is 59.0 Å². The number of aromatic nitrogens is 4. The topological polar surface area (TPSA) is 157 Å². The van der Waals surface area contributed by atoms with E-state index in [1.54, 1.807) is 0 Å². The number of Topliss-reactive ketones (excluding diaryl/α,β-unsaturated/α-hetero) is 2. The third-order valence-electron chi connectivity index (χ3n) is 12.4. The van der Waals surface area contributed by atoms with Crippen LogP contribution in [0.1, 0.15) is 62.8 Å². The van der Waals surface area contributed by atoms with Crippen molar-refractivity contribution in [2.75, 3.05) is 26.4 Å². The summed E-state index contributed by atoms with van der Waals surface area (Å²) in [5.41, 5.74) is -2.27. The Morgan fingerprint density at radius 3 is 1.09 bits per heavy atom. The molecule has 2 fully saturated rings. The van der Waals surface area contributed by atoms with Crippen molar-refractivity contribution in [3.05, 3.63) is 161 Å². The summed E-state index contributed by atoms with van der Waals surface area (Å²) in [4.78, 5) is 73.6. The van der Waals surface area contributed by atoms with E-state index >= 15 is 0 Å². The number of thiophene rings is 4. The second-order valence-electron chi connectivity index (χ2n) is 16.9. The number of hydrogen-bond acceptors (Lipinski definition) is 20. The molecule has 14 rings (SSSR count). The molecular formula is C50H18F10N4O8S8. The van der Waals surface area contributed by atoms with Crippen molar-refractivity contribution in [2.24, 2.45) is 0 Å². The maximum atomic E-state index is 14.4. The van der Waals surface area contributed by atoms with Crippen molar-refractivity contribution in [3.8, 4) is 59.0 Å². The lowest BCUT2D eigenvalue weighted by molar-refractivity contribution is -0.368. The Kier molecular flexibility index (Phi) is 13.0. The highest BCUT2D eigenvalue weighted by atomic mass is 32.1. The second kappa shape index (κ2) is 19.6. The van der Waals surface area contributed by atoms with Crippen LogP contribution in [-0.2, 0) is 30.5 Å². The standard InChI is InChI=1S/C27H13F5N2O5S4.C23H5F5N2O3S4/c28-14-13(15(29)17(31)18(32)16(14)30)19(35)10-3-4-12(41-10)25-34-23-21(43-25)20-22(33-24(42-20)11-2-1-9-40-11)26(36-5-6-37-26)27(23)38-7-8-39-27;24-10-9(11(25)13(27)14(28)12(10)26)17(31)6-3-4-8(35-6)23-30-16-19(33)18(32)15-20(21(16)37-23)36-22(29-15)7-2-1-5-34-7/h1-4,9H,5-8H2;1-5H. The Balaban J connectivity index is 0.000000153. The second-order valence-corrected chi connectivity index (χ2v) is 25.0. The van der Waals surface area contributed by atoms with Crippen LogP contribution in [0.5, 0.6) is 0 Å². The van der Waals surface area contributed by atoms with Crippen LogP contribution in [-0.4, -0.2) is 69.5 Å². The lowest BCUT2D eigenvalue weighted by Crippen LogP contribution is -2.53. The van der Waals surface area contributed by atoms with Crippen molar-refractivity contribution in [3.63, 3.8) is 0 Å². The molecule has 80 heavy (non-hydrogen) atoms. The molecule has 8 aromatic heterocycles. The molecule has 2 aliphatic heterocycles. The summed E-state index contributed by atoms with van der Waals surface area (Å²) in [6, 6.07) is 12.8. The highest BCUT2D eigenvalue weighted by Gasteiger charge is 2.70. The van der Waals surface area contributed by atoms with Gasteiger partial charge in [-0.15, -0.1) is 90.7 Å². The number of carbonyl (C=O) groups excluding carboxylic acids is 4. The summed E-state index contributed by atoms with van der Waals surface area (Å²) in [5.74, 6) is -29.9. The number of nitrogens with zero attached hydrogens (tertiary/aromatic N) is 4. The predicted molar refractivity (Wildman–Crippen MR) is 275 cm³/mol. The van der Waals surface area contributed by atoms with Crippen LogP contribution in [0, 0.1) is 58.2 Å². The number of ether oxygens (including phenoxy) is 4. The molecule has 0 N–H and O–H groups in total. The maximum Gasteiger partial charge on any atom is 0.276 e. The monoisotopic (exact) mass is 1250 g/mol. The van der Waals surface area contributed by atoms with Gasteiger partial charge in [-0.05, 0) is 47.2 Å². The number of thiazole rings is 4. The first kappa shape index (κ1) is 52.9. The summed E-state index contributed by atoms with van der Waals surface area (Å²) in [6.45, 7) is 0.996. The fraction of sp³-hybridized carbons (Fsp3) is 0.120. The molecule has 0 atom stereocenters. The molecular weight excluding hydrogens is 1230 g/mol. The van der Waals surface area contributed by atoms with Gasteiger partial charge in [-0.1, -0.05) is 12.1 Å². The van der Waals surface area contributed by atoms with Crippen LogP contribution in [0.15, 0.2) is 59.3 Å². The maximum absolute atomic E-state index is 14.4. The van der Waals surface area contributed by atoms with Gasteiger partial charge in [0, 0.05) is 0 Å². The molecule has 0 radical (unpaired) electrons. The van der Waals surface area contributed by atoms with Crippen LogP contribution in [0.3, 0.4) is 0 Å². The van der Waals surface area contributed by atoms with E-state index in [-0.39, 0.29) is 57.5 Å². The molecule has 2 aromatic carbocycles. The van der Waals surface area contributed by atoms with E-state index in [2.05, 4.69) is 9.97 Å². The molecule has 0 unspecified atom stereocenters. The SMILES string of the molecule is O=C(c1ccc(-c2nc3c(s2)-c2sc(-c4cccs4)nc2C2(OCCO2)C32OCCO2)s1)c1c(F)c(F)c(F)c(F)c1F.O=C1C(=O)c2nc(-c3ccc(C(=O)c4c(F)c(F)c(F)c(F)c4F)s3)sc2-c2sc(-c3cccs3)nc21. The van der Waals surface area contributed by atoms with Gasteiger partial charge >= 0.3 is 0 Å². The van der Waals surface area contributed by atoms with Crippen LogP contribution in [0.4, 0.5) is 43.9 Å². The zero-order valence-electron chi connectivity index (χ0n) is 38.7. The summed E-state index contributed by atoms with van der Waals surface area (Å²) >= 11 is 9.39. The molecule has 12 nitrogen and oxygen atoms in total. The first-order chi connectivity index (χ1) is 38.4. The zero-order chi connectivity index (χ0) is 55.8. The fourth-order valence-electron chi connectivity index (χ4n) is 8.88. The number of ketones is 4. The number of fused-ring (bicyclic) bond motifs is 9. The van der Waals surface area contributed by atoms with E-state index in [4.69, 9.17) is 28.9 Å². The number of halogens is 10. The van der Waals surface area contributed by atoms with E-state index in [0.29, 0.717) is 52.2 Å². The van der Waals surface area contributed by atoms with Gasteiger partial charge in [-0.25, -0.2) is 63.8 Å². The van der Waals surface area contributed by atoms with Crippen molar-refractivity contribution in [2.45, 2.75) is 11.6 Å². The van der Waals surface area contributed by atoms with Gasteiger partial charge < -0.3 is 18.9 Å². The Morgan fingerprint density at radius 2 is 0.725 bits per heavy atom. The Labute approximate surface area is 470 Å². The van der Waals surface area contributed by atoms with Crippen molar-refractivity contribution in [1.29, 1.82) is 0 Å². The molecule has 0 amide bonds. The minimum Gasteiger partial charge on any atom is -0.338 e. The zero-order valence-corrected chi connectivity index (χ0v) is 45.2. The van der Waals surface area contributed by atoms with E-state index in [0.717, 1.165) is 48.4 Å². The molecule has 10 aromatic rings. The van der Waals surface area contributed by atoms with Crippen molar-refractivity contribution in [1.82, 2.24) is 19.9 Å². The van der Waals surface area contributed by atoms with Crippen LogP contribution in [0.2, 0.25) is 0 Å². The third-order valence-corrected chi connectivity index (χ3v) is 21.6. The summed E-state index contributed by atoms with van der Waals surface area (Å²) < 4.78 is 164. The lowest BCUT2D eigenvalue weighted by atomic mass is 9.90. The molecule has 30 heteroatoms. The molecule has 2 spiro atoms. The normalized spacial score (nSPS) is 15.6. The smallest absolute Gasteiger partial charge is 0.276 e. The van der Waals surface area contributed by atoms with Crippen LogP contribution < -0.4 is 0 Å². The molecule has 10 heterocycles. The number of carbonyl (C=O) groups is 4. The van der Waals surface area contributed by atoms with Crippen molar-refractivity contribution < 1.29 is 82.0 Å². The molecule has 2 aliphatic carbocycles. The average Bonchev–Trinajstić information content (AvgIpc) is 4.42. The van der Waals surface area contributed by atoms with Gasteiger partial charge in [0.05, 0.1) is 75.2 Å². The Bertz CT molecular complexity index is 4230. The quantitative estimate of drug-likeness (QED) is 0.0467. The summed E-state index contributed by atoms with van der Waals surface area (Å²) in [6.07, 6.45) is 0. The van der Waals surface area contributed by atoms with E-state index in [1.165, 1.54) is 74.9 Å². The fourth-order valence-corrected chi connectivity index (χ4v) is 17.1. The molecule has 4 aliphatic rings. The number of rotatable bonds is 8. The first-order valence-corrected chi connectivity index (χ1v) is 29.2. The highest BCUT2D eigenvalue weighted by Crippen LogP contribution is 2.63. The van der Waals surface area contributed by atoms with Crippen LogP contribution >= 0.6 is 90.7 Å². The highest BCUT2D eigenvalue weighted by molar-refractivity contribution is 7.30. The molecule has 404 valence electrons. The minimum atomic E-state index is -2.37. The van der Waals surface area contributed by atoms with E-state index < -0.39 is 104 Å². The lowest BCUT2D eigenvalue weighted by Gasteiger charge is -2.42. The van der Waals surface area contributed by atoms with Gasteiger partial charge in [-0.3, -0.25) is 19.2 Å². The van der Waals surface area contributed by atoms with E-state index in [1.807, 2.05) is 35.0 Å². The number of hydrogen-bond donors (Lipinski definition) is 0. The Morgan fingerprint density at radius 1 is 0.400 bits per heavy atom. The molecule has 2 saturated heterocycles. The Hall–Kier alpha value is -6.42. The predicted octanol–water partition coefficient (Wildman–Crippen LogP) is 14.1. The van der Waals surface area contributed by atoms with E-state index in [9.17, 15) is 63.1 Å². The average molecular weight is 1250 g/mol. The van der Waals surface area contributed by atoms with Gasteiger partial charge in [0.25, 0.3) is 23.1 Å². The molecule has 0 bridgehead atoms.